The van der Waals surface area contributed by atoms with Gasteiger partial charge in [0.2, 0.25) is 14.3 Å². The smallest absolute Gasteiger partial charge is 0.268 e. The summed E-state index contributed by atoms with van der Waals surface area (Å²) in [7, 11) is -3.31. The summed E-state index contributed by atoms with van der Waals surface area (Å²) in [6.45, 7) is 5.05. The number of anilines is 4. The lowest BCUT2D eigenvalue weighted by molar-refractivity contribution is -0.145. The second kappa shape index (κ2) is 9.40. The molecular weight excluding hydrogens is 511 g/mol. The number of hydrogen-bond acceptors (Lipinski definition) is 4. The summed E-state index contributed by atoms with van der Waals surface area (Å²) in [5.41, 5.74) is 2.67. The number of aliphatic hydroxyl groups is 1. The lowest BCUT2D eigenvalue weighted by Crippen LogP contribution is -2.44. The molecule has 2 amide bonds. The Morgan fingerprint density at radius 3 is 2.38 bits per heavy atom. The van der Waals surface area contributed by atoms with Crippen molar-refractivity contribution < 1.29 is 23.5 Å². The highest BCUT2D eigenvalue weighted by Gasteiger charge is 2.67. The van der Waals surface area contributed by atoms with Crippen molar-refractivity contribution in [2.45, 2.75) is 56.5 Å². The normalized spacial score (nSPS) is 26.3. The minimum absolute atomic E-state index is 0.0133. The van der Waals surface area contributed by atoms with Crippen LogP contribution in [0.4, 0.5) is 26.9 Å². The molecule has 6 rings (SSSR count). The van der Waals surface area contributed by atoms with Gasteiger partial charge in [-0.25, -0.2) is 0 Å². The lowest BCUT2D eigenvalue weighted by atomic mass is 9.82. The quantitative estimate of drug-likeness (QED) is 0.310. The van der Waals surface area contributed by atoms with E-state index in [0.29, 0.717) is 35.5 Å². The zero-order valence-electron chi connectivity index (χ0n) is 22.4. The molecule has 39 heavy (non-hydrogen) atoms. The van der Waals surface area contributed by atoms with Gasteiger partial charge in [0.05, 0.1) is 17.5 Å². The van der Waals surface area contributed by atoms with E-state index < -0.39 is 31.6 Å². The van der Waals surface area contributed by atoms with E-state index in [-0.39, 0.29) is 24.8 Å². The van der Waals surface area contributed by atoms with Crippen LogP contribution in [0.3, 0.4) is 0 Å². The molecule has 0 saturated carbocycles. The summed E-state index contributed by atoms with van der Waals surface area (Å²) in [4.78, 5) is 31.2. The molecule has 1 spiro atoms. The number of carbonyl (C=O) groups excluding carboxylic acids is 2. The highest BCUT2D eigenvalue weighted by Crippen LogP contribution is 2.61. The number of nitrogens with zero attached hydrogens (tertiary/aromatic N) is 2. The maximum absolute atomic E-state index is 15.9. The number of aryl methyl sites for hydroxylation is 1. The fraction of sp³-hybridized carbons (Fsp3) is 0.355. The first-order chi connectivity index (χ1) is 18.7. The monoisotopic (exact) mass is 544 g/mol. The molecule has 3 aliphatic heterocycles. The van der Waals surface area contributed by atoms with E-state index >= 15 is 4.11 Å². The van der Waals surface area contributed by atoms with E-state index in [2.05, 4.69) is 0 Å². The number of rotatable bonds is 5. The Bertz CT molecular complexity index is 1440. The van der Waals surface area contributed by atoms with E-state index in [1.165, 1.54) is 0 Å². The molecule has 0 radical (unpaired) electrons. The summed E-state index contributed by atoms with van der Waals surface area (Å²) in [5.74, 6) is -0.747. The van der Waals surface area contributed by atoms with Crippen LogP contribution in [-0.4, -0.2) is 38.0 Å². The van der Waals surface area contributed by atoms with Crippen LogP contribution in [0.2, 0.25) is 18.6 Å². The number of fused-ring (bicyclic) bond motifs is 3. The van der Waals surface area contributed by atoms with Gasteiger partial charge in [-0.3, -0.25) is 19.4 Å². The zero-order chi connectivity index (χ0) is 27.5. The predicted molar refractivity (Wildman–Crippen MR) is 152 cm³/mol. The van der Waals surface area contributed by atoms with Crippen LogP contribution in [0.15, 0.2) is 72.8 Å². The van der Waals surface area contributed by atoms with Gasteiger partial charge in [-0.15, -0.1) is 0 Å². The second-order valence-corrected chi connectivity index (χ2v) is 15.1. The predicted octanol–water partition coefficient (Wildman–Crippen LogP) is 6.13. The van der Waals surface area contributed by atoms with Crippen molar-refractivity contribution in [3.63, 3.8) is 0 Å². The molecule has 202 valence electrons. The molecule has 1 N–H and O–H groups in total. The van der Waals surface area contributed by atoms with E-state index in [4.69, 9.17) is 4.74 Å². The van der Waals surface area contributed by atoms with Gasteiger partial charge in [0.1, 0.15) is 0 Å². The van der Waals surface area contributed by atoms with Crippen LogP contribution in [-0.2, 0) is 26.3 Å². The minimum atomic E-state index is -3.31. The summed E-state index contributed by atoms with van der Waals surface area (Å²) >= 11 is 0. The molecule has 3 aliphatic rings. The average molecular weight is 545 g/mol. The van der Waals surface area contributed by atoms with E-state index in [0.717, 1.165) is 11.3 Å². The first-order valence-electron chi connectivity index (χ1n) is 13.6. The molecule has 1 saturated heterocycles. The minimum Gasteiger partial charge on any atom is -0.396 e. The second-order valence-electron chi connectivity index (χ2n) is 11.3. The Hall–Kier alpha value is -3.33. The molecule has 8 heteroatoms. The van der Waals surface area contributed by atoms with E-state index in [1.54, 1.807) is 22.9 Å². The lowest BCUT2D eigenvalue weighted by Gasteiger charge is -2.32. The van der Waals surface area contributed by atoms with Gasteiger partial charge >= 0.3 is 0 Å². The van der Waals surface area contributed by atoms with Gasteiger partial charge in [0.15, 0.2) is 5.60 Å². The fourth-order valence-corrected chi connectivity index (χ4v) is 9.58. The van der Waals surface area contributed by atoms with Gasteiger partial charge in [-0.1, -0.05) is 43.3 Å². The molecule has 6 nitrogen and oxygen atoms in total. The fourth-order valence-electron chi connectivity index (χ4n) is 7.04. The number of ether oxygens (including phenoxy) is 1. The van der Waals surface area contributed by atoms with Crippen LogP contribution >= 0.6 is 0 Å². The number of halogens is 1. The molecule has 3 aromatic carbocycles. The van der Waals surface area contributed by atoms with Gasteiger partial charge in [-0.2, -0.15) is 0 Å². The molecule has 3 aromatic rings. The highest BCUT2D eigenvalue weighted by molar-refractivity contribution is 6.72. The first-order valence-corrected chi connectivity index (χ1v) is 16.6. The topological polar surface area (TPSA) is 70.1 Å². The molecule has 0 bridgehead atoms. The Kier molecular flexibility index (Phi) is 6.24. The molecule has 0 aliphatic carbocycles. The molecule has 0 unspecified atom stereocenters. The Morgan fingerprint density at radius 1 is 0.949 bits per heavy atom. The average Bonchev–Trinajstić information content (AvgIpc) is 3.35. The van der Waals surface area contributed by atoms with E-state index in [9.17, 15) is 14.7 Å². The summed E-state index contributed by atoms with van der Waals surface area (Å²) in [6, 6.07) is 22.9. The largest absolute Gasteiger partial charge is 0.396 e. The van der Waals surface area contributed by atoms with Crippen LogP contribution in [0.25, 0.3) is 0 Å². The molecule has 4 atom stereocenters. The Labute approximate surface area is 229 Å². The Morgan fingerprint density at radius 2 is 1.67 bits per heavy atom. The van der Waals surface area contributed by atoms with Crippen molar-refractivity contribution in [2.24, 2.45) is 5.92 Å². The number of aliphatic hydroxyl groups excluding tert-OH is 1. The maximum atomic E-state index is 15.9. The number of amides is 2. The summed E-state index contributed by atoms with van der Waals surface area (Å²) in [6.07, 6.45) is 0.735. The standard InChI is InChI=1S/C31H33FN2O4Si/c1-20-29(39(2,3)32)27(17-18-35)38-31(20)24-19-23(33-25-12-8-7-9-21(25)13-16-28(33)36)14-15-26(24)34(30(31)37)22-10-5-4-6-11-22/h4-12,14-15,19-20,27,29,35H,13,16-18H2,1-3H3/t20-,27+,29-,31+/m0/s1. The van der Waals surface area contributed by atoms with Crippen LogP contribution in [0.5, 0.6) is 0 Å². The van der Waals surface area contributed by atoms with Crippen LogP contribution < -0.4 is 9.80 Å². The van der Waals surface area contributed by atoms with Crippen molar-refractivity contribution in [2.75, 3.05) is 16.4 Å². The molecule has 1 fully saturated rings. The third-order valence-corrected chi connectivity index (χ3v) is 11.1. The van der Waals surface area contributed by atoms with Gasteiger partial charge < -0.3 is 14.0 Å². The van der Waals surface area contributed by atoms with E-state index in [1.807, 2.05) is 79.7 Å². The maximum Gasteiger partial charge on any atom is 0.268 e. The van der Waals surface area contributed by atoms with Crippen molar-refractivity contribution in [3.8, 4) is 0 Å². The third-order valence-electron chi connectivity index (χ3n) is 8.63. The summed E-state index contributed by atoms with van der Waals surface area (Å²) < 4.78 is 22.5. The van der Waals surface area contributed by atoms with Crippen molar-refractivity contribution in [1.29, 1.82) is 0 Å². The molecular formula is C31H33FN2O4Si. The number of hydrogen-bond donors (Lipinski definition) is 1. The molecule has 0 aromatic heterocycles. The first kappa shape index (κ1) is 25.9. The Balaban J connectivity index is 1.56. The zero-order valence-corrected chi connectivity index (χ0v) is 23.4. The van der Waals surface area contributed by atoms with Crippen molar-refractivity contribution >= 4 is 43.0 Å². The highest BCUT2D eigenvalue weighted by atomic mass is 28.4. The third kappa shape index (κ3) is 3.88. The summed E-state index contributed by atoms with van der Waals surface area (Å²) in [5, 5.41) is 9.83. The number of carbonyl (C=O) groups is 2. The van der Waals surface area contributed by atoms with Gasteiger partial charge in [0, 0.05) is 41.4 Å². The van der Waals surface area contributed by atoms with Crippen molar-refractivity contribution in [1.82, 2.24) is 0 Å². The van der Waals surface area contributed by atoms with Crippen molar-refractivity contribution in [3.05, 3.63) is 83.9 Å². The van der Waals surface area contributed by atoms with Crippen LogP contribution in [0, 0.1) is 5.92 Å². The molecule has 3 heterocycles. The van der Waals surface area contributed by atoms with Gasteiger partial charge in [0.25, 0.3) is 5.91 Å². The number of benzene rings is 3. The number of para-hydroxylation sites is 2. The SMILES string of the molecule is C[C@H]1[C@H]([Si](C)(C)F)[C@@H](CCO)O[C@]12C(=O)N(c1ccccc1)c1ccc(N3C(=O)CCc4ccccc43)cc12. The van der Waals surface area contributed by atoms with Crippen LogP contribution in [0.1, 0.15) is 30.9 Å². The van der Waals surface area contributed by atoms with Gasteiger partial charge in [-0.05, 0) is 67.9 Å².